The molecule has 162 valence electrons. The summed E-state index contributed by atoms with van der Waals surface area (Å²) in [6.07, 6.45) is 4.19. The Hall–Kier alpha value is -3.22. The molecular formula is C24H29N5O2. The maximum atomic E-state index is 13.2. The highest BCUT2D eigenvalue weighted by atomic mass is 16.2. The Balaban J connectivity index is 1.42. The molecule has 7 nitrogen and oxygen atoms in total. The third-order valence-corrected chi connectivity index (χ3v) is 6.18. The molecule has 1 fully saturated rings. The van der Waals surface area contributed by atoms with Gasteiger partial charge in [0.1, 0.15) is 12.2 Å². The summed E-state index contributed by atoms with van der Waals surface area (Å²) in [4.78, 5) is 34.2. The molecule has 3 aromatic rings. The monoisotopic (exact) mass is 419 g/mol. The topological polar surface area (TPSA) is 71.3 Å². The number of benzene rings is 1. The van der Waals surface area contributed by atoms with Crippen LogP contribution in [0.5, 0.6) is 0 Å². The third-order valence-electron chi connectivity index (χ3n) is 6.18. The first-order valence-corrected chi connectivity index (χ1v) is 10.8. The van der Waals surface area contributed by atoms with Gasteiger partial charge in [-0.25, -0.2) is 0 Å². The van der Waals surface area contributed by atoms with Crippen molar-refractivity contribution in [2.24, 2.45) is 0 Å². The van der Waals surface area contributed by atoms with Gasteiger partial charge in [-0.05, 0) is 50.6 Å². The second kappa shape index (κ2) is 8.88. The van der Waals surface area contributed by atoms with Crippen LogP contribution >= 0.6 is 0 Å². The normalized spacial score (nSPS) is 16.9. The van der Waals surface area contributed by atoms with Crippen LogP contribution in [-0.2, 0) is 11.3 Å². The molecule has 7 heteroatoms. The first-order chi connectivity index (χ1) is 14.9. The van der Waals surface area contributed by atoms with Crippen LogP contribution in [0.15, 0.2) is 42.6 Å². The summed E-state index contributed by atoms with van der Waals surface area (Å²) in [5, 5.41) is 6.29. The van der Waals surface area contributed by atoms with Crippen molar-refractivity contribution < 1.29 is 9.59 Å². The highest BCUT2D eigenvalue weighted by Gasteiger charge is 2.27. The van der Waals surface area contributed by atoms with Crippen molar-refractivity contribution in [2.75, 3.05) is 20.1 Å². The molecule has 3 heterocycles. The van der Waals surface area contributed by atoms with Gasteiger partial charge in [-0.1, -0.05) is 24.3 Å². The summed E-state index contributed by atoms with van der Waals surface area (Å²) in [6.45, 7) is 5.52. The number of amides is 2. The Morgan fingerprint density at radius 2 is 1.94 bits per heavy atom. The van der Waals surface area contributed by atoms with Gasteiger partial charge >= 0.3 is 0 Å². The lowest BCUT2D eigenvalue weighted by molar-refractivity contribution is -0.132. The van der Waals surface area contributed by atoms with Gasteiger partial charge in [0, 0.05) is 43.5 Å². The van der Waals surface area contributed by atoms with Crippen molar-refractivity contribution in [3.63, 3.8) is 0 Å². The van der Waals surface area contributed by atoms with Crippen LogP contribution in [-0.4, -0.2) is 62.6 Å². The first-order valence-electron chi connectivity index (χ1n) is 10.8. The molecule has 0 bridgehead atoms. The summed E-state index contributed by atoms with van der Waals surface area (Å²) < 4.78 is 1.77. The molecule has 4 rings (SSSR count). The second-order valence-corrected chi connectivity index (χ2v) is 8.35. The highest BCUT2D eigenvalue weighted by molar-refractivity contribution is 6.05. The maximum Gasteiger partial charge on any atom is 0.273 e. The molecule has 1 aliphatic rings. The fourth-order valence-electron chi connectivity index (χ4n) is 4.40. The third kappa shape index (κ3) is 4.45. The SMILES string of the molecule is Cc1cc(C)n(CC(=O)N2CCC[C@H](N(C)C(=O)c3nccc4ccccc34)CC2)n1. The minimum Gasteiger partial charge on any atom is -0.341 e. The number of fused-ring (bicyclic) bond motifs is 1. The van der Waals surface area contributed by atoms with Crippen molar-refractivity contribution in [2.45, 2.75) is 45.7 Å². The molecule has 1 atom stereocenters. The second-order valence-electron chi connectivity index (χ2n) is 8.35. The van der Waals surface area contributed by atoms with E-state index in [0.717, 1.165) is 41.4 Å². The predicted molar refractivity (Wildman–Crippen MR) is 120 cm³/mol. The molecule has 0 aliphatic carbocycles. The highest BCUT2D eigenvalue weighted by Crippen LogP contribution is 2.22. The Bertz CT molecular complexity index is 1100. The van der Waals surface area contributed by atoms with E-state index in [2.05, 4.69) is 10.1 Å². The molecule has 0 spiro atoms. The van der Waals surface area contributed by atoms with E-state index in [4.69, 9.17) is 0 Å². The van der Waals surface area contributed by atoms with Crippen molar-refractivity contribution in [3.05, 3.63) is 59.7 Å². The lowest BCUT2D eigenvalue weighted by Gasteiger charge is -2.27. The van der Waals surface area contributed by atoms with Crippen molar-refractivity contribution in [1.82, 2.24) is 24.6 Å². The largest absolute Gasteiger partial charge is 0.341 e. The molecule has 0 saturated carbocycles. The van der Waals surface area contributed by atoms with Crippen LogP contribution in [0, 0.1) is 13.8 Å². The number of aryl methyl sites for hydroxylation is 2. The summed E-state index contributed by atoms with van der Waals surface area (Å²) in [5.41, 5.74) is 2.40. The van der Waals surface area contributed by atoms with E-state index in [1.54, 1.807) is 10.9 Å². The van der Waals surface area contributed by atoms with Gasteiger partial charge in [-0.3, -0.25) is 19.3 Å². The van der Waals surface area contributed by atoms with Crippen molar-refractivity contribution in [1.29, 1.82) is 0 Å². The van der Waals surface area contributed by atoms with Crippen LogP contribution in [0.3, 0.4) is 0 Å². The van der Waals surface area contributed by atoms with E-state index in [9.17, 15) is 9.59 Å². The van der Waals surface area contributed by atoms with Gasteiger partial charge in [0.25, 0.3) is 5.91 Å². The summed E-state index contributed by atoms with van der Waals surface area (Å²) in [5.74, 6) is 0.0146. The Morgan fingerprint density at radius 1 is 1.13 bits per heavy atom. The van der Waals surface area contributed by atoms with Gasteiger partial charge < -0.3 is 9.80 Å². The van der Waals surface area contributed by atoms with Gasteiger partial charge in [0.05, 0.1) is 5.69 Å². The minimum atomic E-state index is -0.0655. The molecule has 2 aromatic heterocycles. The molecule has 1 aromatic carbocycles. The lowest BCUT2D eigenvalue weighted by Crippen LogP contribution is -2.39. The zero-order valence-electron chi connectivity index (χ0n) is 18.4. The Labute approximate surface area is 182 Å². The number of carbonyl (C=O) groups excluding carboxylic acids is 2. The molecular weight excluding hydrogens is 390 g/mol. The van der Waals surface area contributed by atoms with Gasteiger partial charge in [0.15, 0.2) is 0 Å². The van der Waals surface area contributed by atoms with E-state index >= 15 is 0 Å². The quantitative estimate of drug-likeness (QED) is 0.651. The van der Waals surface area contributed by atoms with Crippen LogP contribution in [0.25, 0.3) is 10.8 Å². The van der Waals surface area contributed by atoms with E-state index in [1.165, 1.54) is 0 Å². The predicted octanol–water partition coefficient (Wildman–Crippen LogP) is 3.20. The fraction of sp³-hybridized carbons (Fsp3) is 0.417. The standard InChI is InChI=1S/C24H29N5O2/c1-17-15-18(2)29(26-17)16-22(30)28-13-6-8-20(11-14-28)27(3)24(31)23-21-9-5-4-7-19(21)10-12-25-23/h4-5,7,9-10,12,15,20H,6,8,11,13-14,16H2,1-3H3/t20-/m0/s1. The van der Waals surface area contributed by atoms with Crippen molar-refractivity contribution >= 4 is 22.6 Å². The lowest BCUT2D eigenvalue weighted by atomic mass is 10.1. The van der Waals surface area contributed by atoms with Gasteiger partial charge in [-0.2, -0.15) is 5.10 Å². The Morgan fingerprint density at radius 3 is 2.71 bits per heavy atom. The van der Waals surface area contributed by atoms with E-state index < -0.39 is 0 Å². The molecule has 1 saturated heterocycles. The number of pyridine rings is 1. The number of carbonyl (C=O) groups is 2. The van der Waals surface area contributed by atoms with Gasteiger partial charge in [-0.15, -0.1) is 0 Å². The molecule has 0 unspecified atom stereocenters. The molecule has 1 aliphatic heterocycles. The minimum absolute atomic E-state index is 0.0655. The van der Waals surface area contributed by atoms with Gasteiger partial charge in [0.2, 0.25) is 5.91 Å². The van der Waals surface area contributed by atoms with Crippen molar-refractivity contribution in [3.8, 4) is 0 Å². The number of aromatic nitrogens is 3. The molecule has 31 heavy (non-hydrogen) atoms. The number of rotatable bonds is 4. The average molecular weight is 420 g/mol. The number of likely N-dealkylation sites (tertiary alicyclic amines) is 1. The fourth-order valence-corrected chi connectivity index (χ4v) is 4.40. The summed E-state index contributed by atoms with van der Waals surface area (Å²) in [6, 6.07) is 11.8. The van der Waals surface area contributed by atoms with Crippen LogP contribution < -0.4 is 0 Å². The van der Waals surface area contributed by atoms with E-state index in [0.29, 0.717) is 18.8 Å². The Kier molecular flexibility index (Phi) is 6.02. The maximum absolute atomic E-state index is 13.2. The average Bonchev–Trinajstić information content (AvgIpc) is 2.96. The number of nitrogens with zero attached hydrogens (tertiary/aromatic N) is 5. The summed E-state index contributed by atoms with van der Waals surface area (Å²) in [7, 11) is 1.85. The molecule has 0 N–H and O–H groups in total. The number of hydrogen-bond acceptors (Lipinski definition) is 4. The van der Waals surface area contributed by atoms with E-state index in [-0.39, 0.29) is 24.4 Å². The molecule has 0 radical (unpaired) electrons. The zero-order chi connectivity index (χ0) is 22.0. The zero-order valence-corrected chi connectivity index (χ0v) is 18.4. The molecule has 2 amide bonds. The van der Waals surface area contributed by atoms with E-state index in [1.807, 2.05) is 67.1 Å². The smallest absolute Gasteiger partial charge is 0.273 e. The summed E-state index contributed by atoms with van der Waals surface area (Å²) >= 11 is 0. The van der Waals surface area contributed by atoms with Crippen LogP contribution in [0.2, 0.25) is 0 Å². The number of hydrogen-bond donors (Lipinski definition) is 0. The van der Waals surface area contributed by atoms with Crippen LogP contribution in [0.4, 0.5) is 0 Å². The van der Waals surface area contributed by atoms with Crippen LogP contribution in [0.1, 0.15) is 41.1 Å². The first kappa shape index (κ1) is 21.0.